The van der Waals surface area contributed by atoms with Crippen LogP contribution in [0.15, 0.2) is 30.5 Å². The molecule has 0 aliphatic heterocycles. The smallest absolute Gasteiger partial charge is 0.360 e. The second kappa shape index (κ2) is 6.02. The zero-order valence-corrected chi connectivity index (χ0v) is 13.9. The van der Waals surface area contributed by atoms with Gasteiger partial charge in [-0.15, -0.1) is 11.3 Å². The van der Waals surface area contributed by atoms with E-state index in [1.165, 1.54) is 29.3 Å². The van der Waals surface area contributed by atoms with Gasteiger partial charge < -0.3 is 10.1 Å². The number of methoxy groups -OCH3 is 1. The summed E-state index contributed by atoms with van der Waals surface area (Å²) in [5.41, 5.74) is 0.318. The molecular formula is C15H12ClN3O3S. The molecule has 0 atom stereocenters. The SMILES string of the molecule is COC(=O)c1nn(C)cc1NC(=O)c1sc2ccccc2c1Cl. The van der Waals surface area contributed by atoms with E-state index in [1.54, 1.807) is 7.05 Å². The first-order chi connectivity index (χ1) is 11.0. The summed E-state index contributed by atoms with van der Waals surface area (Å²) in [6.07, 6.45) is 1.53. The third-order valence-corrected chi connectivity index (χ3v) is 4.87. The minimum atomic E-state index is -0.622. The quantitative estimate of drug-likeness (QED) is 0.736. The molecule has 0 aliphatic carbocycles. The molecule has 0 unspecified atom stereocenters. The normalized spacial score (nSPS) is 10.7. The lowest BCUT2D eigenvalue weighted by molar-refractivity contribution is 0.0594. The number of ether oxygens (including phenoxy) is 1. The molecule has 0 radical (unpaired) electrons. The van der Waals surface area contributed by atoms with Crippen LogP contribution in [-0.4, -0.2) is 28.8 Å². The third kappa shape index (κ3) is 2.80. The number of hydrogen-bond acceptors (Lipinski definition) is 5. The molecule has 0 saturated carbocycles. The van der Waals surface area contributed by atoms with Crippen LogP contribution in [0.3, 0.4) is 0 Å². The largest absolute Gasteiger partial charge is 0.464 e. The Morgan fingerprint density at radius 3 is 2.78 bits per heavy atom. The van der Waals surface area contributed by atoms with Crippen molar-refractivity contribution in [3.63, 3.8) is 0 Å². The maximum Gasteiger partial charge on any atom is 0.360 e. The first-order valence-corrected chi connectivity index (χ1v) is 7.81. The standard InChI is InChI=1S/C15H12ClN3O3S/c1-19-7-9(12(18-19)15(21)22-2)17-14(20)13-11(16)8-5-3-4-6-10(8)23-13/h3-7H,1-2H3,(H,17,20). The molecule has 0 bridgehead atoms. The van der Waals surface area contributed by atoms with E-state index in [2.05, 4.69) is 15.2 Å². The summed E-state index contributed by atoms with van der Waals surface area (Å²) in [4.78, 5) is 24.6. The van der Waals surface area contributed by atoms with Gasteiger partial charge in [0.05, 0.1) is 17.8 Å². The highest BCUT2D eigenvalue weighted by atomic mass is 35.5. The van der Waals surface area contributed by atoms with Gasteiger partial charge in [0.2, 0.25) is 0 Å². The second-order valence-electron chi connectivity index (χ2n) is 4.75. The molecule has 1 aromatic carbocycles. The summed E-state index contributed by atoms with van der Waals surface area (Å²) in [5.74, 6) is -1.02. The van der Waals surface area contributed by atoms with Crippen LogP contribution in [0.2, 0.25) is 5.02 Å². The van der Waals surface area contributed by atoms with Crippen LogP contribution in [0.1, 0.15) is 20.2 Å². The van der Waals surface area contributed by atoms with Crippen molar-refractivity contribution in [2.45, 2.75) is 0 Å². The number of anilines is 1. The number of carbonyl (C=O) groups excluding carboxylic acids is 2. The summed E-state index contributed by atoms with van der Waals surface area (Å²) in [5, 5.41) is 7.88. The molecule has 0 aliphatic rings. The Morgan fingerprint density at radius 2 is 2.09 bits per heavy atom. The number of amides is 1. The number of fused-ring (bicyclic) bond motifs is 1. The van der Waals surface area contributed by atoms with Crippen molar-refractivity contribution < 1.29 is 14.3 Å². The van der Waals surface area contributed by atoms with Crippen molar-refractivity contribution in [3.8, 4) is 0 Å². The van der Waals surface area contributed by atoms with Crippen LogP contribution in [0, 0.1) is 0 Å². The predicted molar refractivity (Wildman–Crippen MR) is 89.3 cm³/mol. The number of rotatable bonds is 3. The van der Waals surface area contributed by atoms with Crippen molar-refractivity contribution in [3.05, 3.63) is 46.1 Å². The Bertz CT molecular complexity index is 916. The van der Waals surface area contributed by atoms with Crippen molar-refractivity contribution in [2.75, 3.05) is 12.4 Å². The molecule has 3 aromatic rings. The summed E-state index contributed by atoms with van der Waals surface area (Å²) in [7, 11) is 2.90. The topological polar surface area (TPSA) is 73.2 Å². The first kappa shape index (κ1) is 15.5. The lowest BCUT2D eigenvalue weighted by Gasteiger charge is -2.03. The van der Waals surface area contributed by atoms with Gasteiger partial charge in [0.1, 0.15) is 4.88 Å². The van der Waals surface area contributed by atoms with E-state index in [1.807, 2.05) is 24.3 Å². The highest BCUT2D eigenvalue weighted by Crippen LogP contribution is 2.35. The van der Waals surface area contributed by atoms with Gasteiger partial charge in [-0.1, -0.05) is 29.8 Å². The van der Waals surface area contributed by atoms with E-state index >= 15 is 0 Å². The molecule has 1 amide bonds. The lowest BCUT2D eigenvalue weighted by atomic mass is 10.2. The Balaban J connectivity index is 1.95. The minimum Gasteiger partial charge on any atom is -0.464 e. The van der Waals surface area contributed by atoms with Crippen LogP contribution in [0.4, 0.5) is 5.69 Å². The number of aromatic nitrogens is 2. The molecule has 8 heteroatoms. The average molecular weight is 350 g/mol. The summed E-state index contributed by atoms with van der Waals surface area (Å²) in [6.45, 7) is 0. The monoisotopic (exact) mass is 349 g/mol. The van der Waals surface area contributed by atoms with Gasteiger partial charge in [0.25, 0.3) is 5.91 Å². The molecule has 118 valence electrons. The maximum absolute atomic E-state index is 12.5. The van der Waals surface area contributed by atoms with Gasteiger partial charge in [0, 0.05) is 23.3 Å². The number of esters is 1. The molecular weight excluding hydrogens is 338 g/mol. The number of carbonyl (C=O) groups is 2. The zero-order chi connectivity index (χ0) is 16.6. The number of halogens is 1. The van der Waals surface area contributed by atoms with E-state index in [0.717, 1.165) is 10.1 Å². The Hall–Kier alpha value is -2.38. The van der Waals surface area contributed by atoms with Gasteiger partial charge >= 0.3 is 5.97 Å². The number of benzene rings is 1. The maximum atomic E-state index is 12.5. The molecule has 6 nitrogen and oxygen atoms in total. The van der Waals surface area contributed by atoms with E-state index in [0.29, 0.717) is 9.90 Å². The lowest BCUT2D eigenvalue weighted by Crippen LogP contribution is -2.14. The van der Waals surface area contributed by atoms with Crippen molar-refractivity contribution in [1.29, 1.82) is 0 Å². The Kier molecular flexibility index (Phi) is 4.06. The van der Waals surface area contributed by atoms with Crippen molar-refractivity contribution >= 4 is 50.6 Å². The summed E-state index contributed by atoms with van der Waals surface area (Å²) < 4.78 is 7.00. The summed E-state index contributed by atoms with van der Waals surface area (Å²) >= 11 is 7.58. The van der Waals surface area contributed by atoms with Gasteiger partial charge in [-0.25, -0.2) is 4.79 Å². The summed E-state index contributed by atoms with van der Waals surface area (Å²) in [6, 6.07) is 7.49. The number of nitrogens with zero attached hydrogens (tertiary/aromatic N) is 2. The van der Waals surface area contributed by atoms with Crippen LogP contribution in [0.25, 0.3) is 10.1 Å². The molecule has 2 heterocycles. The molecule has 0 spiro atoms. The fourth-order valence-electron chi connectivity index (χ4n) is 2.17. The zero-order valence-electron chi connectivity index (χ0n) is 12.3. The molecule has 3 rings (SSSR count). The molecule has 0 fully saturated rings. The van der Waals surface area contributed by atoms with Crippen LogP contribution in [-0.2, 0) is 11.8 Å². The Labute approximate surface area is 140 Å². The van der Waals surface area contributed by atoms with Gasteiger partial charge in [-0.05, 0) is 6.07 Å². The van der Waals surface area contributed by atoms with Crippen molar-refractivity contribution in [1.82, 2.24) is 9.78 Å². The number of hydrogen-bond donors (Lipinski definition) is 1. The van der Waals surface area contributed by atoms with E-state index in [9.17, 15) is 9.59 Å². The number of aryl methyl sites for hydroxylation is 1. The second-order valence-corrected chi connectivity index (χ2v) is 6.18. The fourth-order valence-corrected chi connectivity index (χ4v) is 3.58. The van der Waals surface area contributed by atoms with E-state index < -0.39 is 11.9 Å². The predicted octanol–water partition coefficient (Wildman–Crippen LogP) is 3.33. The van der Waals surface area contributed by atoms with Gasteiger partial charge in [-0.2, -0.15) is 5.10 Å². The number of thiophene rings is 1. The number of nitrogens with one attached hydrogen (secondary N) is 1. The fraction of sp³-hybridized carbons (Fsp3) is 0.133. The Morgan fingerprint density at radius 1 is 1.35 bits per heavy atom. The van der Waals surface area contributed by atoms with Crippen LogP contribution < -0.4 is 5.32 Å². The molecule has 1 N–H and O–H groups in total. The molecule has 2 aromatic heterocycles. The third-order valence-electron chi connectivity index (χ3n) is 3.20. The highest BCUT2D eigenvalue weighted by molar-refractivity contribution is 7.21. The van der Waals surface area contributed by atoms with Gasteiger partial charge in [-0.3, -0.25) is 9.48 Å². The highest BCUT2D eigenvalue weighted by Gasteiger charge is 2.22. The first-order valence-electron chi connectivity index (χ1n) is 6.61. The average Bonchev–Trinajstić information content (AvgIpc) is 3.07. The molecule has 0 saturated heterocycles. The molecule has 23 heavy (non-hydrogen) atoms. The van der Waals surface area contributed by atoms with Crippen LogP contribution >= 0.6 is 22.9 Å². The van der Waals surface area contributed by atoms with E-state index in [4.69, 9.17) is 11.6 Å². The van der Waals surface area contributed by atoms with Crippen molar-refractivity contribution in [2.24, 2.45) is 7.05 Å². The van der Waals surface area contributed by atoms with Gasteiger partial charge in [0.15, 0.2) is 5.69 Å². The minimum absolute atomic E-state index is 0.0422. The van der Waals surface area contributed by atoms with E-state index in [-0.39, 0.29) is 11.4 Å². The van der Waals surface area contributed by atoms with Crippen LogP contribution in [0.5, 0.6) is 0 Å².